The van der Waals surface area contributed by atoms with Crippen molar-refractivity contribution in [2.24, 2.45) is 0 Å². The molecule has 21 heavy (non-hydrogen) atoms. The van der Waals surface area contributed by atoms with Crippen LogP contribution in [0.25, 0.3) is 22.8 Å². The number of aryl methyl sites for hydroxylation is 1. The summed E-state index contributed by atoms with van der Waals surface area (Å²) >= 11 is 5.88. The summed E-state index contributed by atoms with van der Waals surface area (Å²) < 4.78 is 18.5. The molecule has 0 fully saturated rings. The van der Waals surface area contributed by atoms with Crippen molar-refractivity contribution in [2.45, 2.75) is 6.92 Å². The predicted octanol–water partition coefficient (Wildman–Crippen LogP) is 4.21. The van der Waals surface area contributed by atoms with Gasteiger partial charge in [0, 0.05) is 10.6 Å². The number of phenolic OH excluding ortho intramolecular Hbond substituents is 1. The van der Waals surface area contributed by atoms with Gasteiger partial charge in [0.05, 0.1) is 5.56 Å². The maximum Gasteiger partial charge on any atom is 0.262 e. The summed E-state index contributed by atoms with van der Waals surface area (Å²) in [6.07, 6.45) is 0. The predicted molar refractivity (Wildman–Crippen MR) is 76.5 cm³/mol. The average Bonchev–Trinajstić information content (AvgIpc) is 2.90. The summed E-state index contributed by atoms with van der Waals surface area (Å²) in [5.74, 6) is -0.0362. The Morgan fingerprint density at radius 3 is 2.76 bits per heavy atom. The third-order valence-corrected chi connectivity index (χ3v) is 3.15. The van der Waals surface area contributed by atoms with E-state index < -0.39 is 0 Å². The Morgan fingerprint density at radius 2 is 2.00 bits per heavy atom. The second-order valence-electron chi connectivity index (χ2n) is 4.60. The molecule has 0 amide bonds. The molecule has 0 atom stereocenters. The van der Waals surface area contributed by atoms with E-state index in [9.17, 15) is 9.50 Å². The van der Waals surface area contributed by atoms with Crippen molar-refractivity contribution in [2.75, 3.05) is 0 Å². The van der Waals surface area contributed by atoms with Crippen LogP contribution in [0.4, 0.5) is 4.39 Å². The molecule has 0 saturated heterocycles. The van der Waals surface area contributed by atoms with Crippen LogP contribution in [0, 0.1) is 12.7 Å². The fraction of sp³-hybridized carbons (Fsp3) is 0.0667. The average molecular weight is 305 g/mol. The first kappa shape index (κ1) is 13.6. The third-order valence-electron chi connectivity index (χ3n) is 2.92. The SMILES string of the molecule is Cc1cc(F)cc(-c2noc(-c3cc(Cl)ccc3O)n2)c1. The van der Waals surface area contributed by atoms with Crippen LogP contribution in [0.2, 0.25) is 5.02 Å². The fourth-order valence-electron chi connectivity index (χ4n) is 2.00. The third kappa shape index (κ3) is 2.73. The first-order chi connectivity index (χ1) is 10.0. The quantitative estimate of drug-likeness (QED) is 0.770. The first-order valence-corrected chi connectivity index (χ1v) is 6.51. The smallest absolute Gasteiger partial charge is 0.262 e. The van der Waals surface area contributed by atoms with Gasteiger partial charge in [-0.1, -0.05) is 16.8 Å². The molecule has 0 unspecified atom stereocenters. The molecule has 0 bridgehead atoms. The minimum Gasteiger partial charge on any atom is -0.507 e. The van der Waals surface area contributed by atoms with Crippen molar-refractivity contribution in [3.05, 3.63) is 52.8 Å². The normalized spacial score (nSPS) is 10.8. The van der Waals surface area contributed by atoms with Crippen LogP contribution in [-0.4, -0.2) is 15.2 Å². The minimum atomic E-state index is -0.373. The number of rotatable bonds is 2. The lowest BCUT2D eigenvalue weighted by atomic mass is 10.1. The Hall–Kier alpha value is -2.40. The molecule has 6 heteroatoms. The molecule has 1 aromatic heterocycles. The lowest BCUT2D eigenvalue weighted by Crippen LogP contribution is -1.85. The maximum absolute atomic E-state index is 13.4. The highest BCUT2D eigenvalue weighted by molar-refractivity contribution is 6.30. The van der Waals surface area contributed by atoms with Gasteiger partial charge in [0.1, 0.15) is 11.6 Å². The van der Waals surface area contributed by atoms with Crippen molar-refractivity contribution in [1.29, 1.82) is 0 Å². The van der Waals surface area contributed by atoms with E-state index in [1.807, 2.05) is 0 Å². The Labute approximate surface area is 124 Å². The molecule has 0 aliphatic rings. The lowest BCUT2D eigenvalue weighted by molar-refractivity contribution is 0.425. The van der Waals surface area contributed by atoms with Crippen LogP contribution < -0.4 is 0 Å². The standard InChI is InChI=1S/C15H10ClFN2O2/c1-8-4-9(6-11(17)5-8)14-18-15(21-19-14)12-7-10(16)2-3-13(12)20/h2-7,20H,1H3. The highest BCUT2D eigenvalue weighted by Crippen LogP contribution is 2.31. The van der Waals surface area contributed by atoms with Crippen LogP contribution in [0.3, 0.4) is 0 Å². The largest absolute Gasteiger partial charge is 0.507 e. The monoisotopic (exact) mass is 304 g/mol. The summed E-state index contributed by atoms with van der Waals surface area (Å²) in [5.41, 5.74) is 1.58. The van der Waals surface area contributed by atoms with E-state index in [0.717, 1.165) is 5.56 Å². The molecule has 3 aromatic rings. The van der Waals surface area contributed by atoms with Gasteiger partial charge in [-0.15, -0.1) is 0 Å². The molecule has 0 spiro atoms. The second-order valence-corrected chi connectivity index (χ2v) is 5.04. The van der Waals surface area contributed by atoms with E-state index in [4.69, 9.17) is 16.1 Å². The number of hydrogen-bond acceptors (Lipinski definition) is 4. The van der Waals surface area contributed by atoms with E-state index in [0.29, 0.717) is 16.1 Å². The number of nitrogens with zero attached hydrogens (tertiary/aromatic N) is 2. The number of halogens is 2. The fourth-order valence-corrected chi connectivity index (χ4v) is 2.17. The Balaban J connectivity index is 2.05. The van der Waals surface area contributed by atoms with Crippen LogP contribution in [0.15, 0.2) is 40.9 Å². The molecule has 2 aromatic carbocycles. The Kier molecular flexibility index (Phi) is 3.35. The van der Waals surface area contributed by atoms with Gasteiger partial charge in [-0.2, -0.15) is 4.98 Å². The lowest BCUT2D eigenvalue weighted by Gasteiger charge is -1.99. The van der Waals surface area contributed by atoms with Gasteiger partial charge in [0.25, 0.3) is 5.89 Å². The number of hydrogen-bond donors (Lipinski definition) is 1. The van der Waals surface area contributed by atoms with Gasteiger partial charge in [-0.25, -0.2) is 4.39 Å². The summed E-state index contributed by atoms with van der Waals surface area (Å²) in [6, 6.07) is 8.98. The summed E-state index contributed by atoms with van der Waals surface area (Å²) in [4.78, 5) is 4.17. The van der Waals surface area contributed by atoms with Crippen molar-refractivity contribution < 1.29 is 14.0 Å². The molecule has 0 aliphatic heterocycles. The molecule has 106 valence electrons. The Bertz CT molecular complexity index is 797. The van der Waals surface area contributed by atoms with Gasteiger partial charge in [-0.3, -0.25) is 0 Å². The van der Waals surface area contributed by atoms with Gasteiger partial charge < -0.3 is 9.63 Å². The van der Waals surface area contributed by atoms with Crippen LogP contribution in [-0.2, 0) is 0 Å². The highest BCUT2D eigenvalue weighted by atomic mass is 35.5. The van der Waals surface area contributed by atoms with E-state index >= 15 is 0 Å². The van der Waals surface area contributed by atoms with E-state index in [2.05, 4.69) is 10.1 Å². The zero-order valence-corrected chi connectivity index (χ0v) is 11.7. The summed E-state index contributed by atoms with van der Waals surface area (Å²) in [7, 11) is 0. The minimum absolute atomic E-state index is 0.0231. The van der Waals surface area contributed by atoms with E-state index in [1.165, 1.54) is 24.3 Å². The number of phenols is 1. The van der Waals surface area contributed by atoms with Crippen molar-refractivity contribution >= 4 is 11.6 Å². The van der Waals surface area contributed by atoms with Gasteiger partial charge in [0.15, 0.2) is 0 Å². The molecular weight excluding hydrogens is 295 g/mol. The molecular formula is C15H10ClFN2O2. The first-order valence-electron chi connectivity index (χ1n) is 6.13. The van der Waals surface area contributed by atoms with Crippen LogP contribution in [0.1, 0.15) is 5.56 Å². The molecule has 1 N–H and O–H groups in total. The summed E-state index contributed by atoms with van der Waals surface area (Å²) in [6.45, 7) is 1.77. The number of aromatic nitrogens is 2. The Morgan fingerprint density at radius 1 is 1.19 bits per heavy atom. The van der Waals surface area contributed by atoms with E-state index in [1.54, 1.807) is 19.1 Å². The van der Waals surface area contributed by atoms with Gasteiger partial charge in [-0.05, 0) is 48.9 Å². The molecule has 0 saturated carbocycles. The molecule has 0 radical (unpaired) electrons. The topological polar surface area (TPSA) is 59.2 Å². The zero-order chi connectivity index (χ0) is 15.0. The van der Waals surface area contributed by atoms with Crippen molar-refractivity contribution in [3.8, 4) is 28.6 Å². The van der Waals surface area contributed by atoms with Crippen molar-refractivity contribution in [3.63, 3.8) is 0 Å². The summed E-state index contributed by atoms with van der Waals surface area (Å²) in [5, 5.41) is 14.1. The molecule has 0 aliphatic carbocycles. The van der Waals surface area contributed by atoms with Crippen LogP contribution >= 0.6 is 11.6 Å². The molecule has 1 heterocycles. The zero-order valence-electron chi connectivity index (χ0n) is 11.0. The maximum atomic E-state index is 13.4. The van der Waals surface area contributed by atoms with Crippen molar-refractivity contribution in [1.82, 2.24) is 10.1 Å². The molecule has 4 nitrogen and oxygen atoms in total. The van der Waals surface area contributed by atoms with Crippen LogP contribution in [0.5, 0.6) is 5.75 Å². The van der Waals surface area contributed by atoms with Gasteiger partial charge >= 0.3 is 0 Å². The van der Waals surface area contributed by atoms with E-state index in [-0.39, 0.29) is 23.3 Å². The number of benzene rings is 2. The highest BCUT2D eigenvalue weighted by Gasteiger charge is 2.15. The van der Waals surface area contributed by atoms with Gasteiger partial charge in [0.2, 0.25) is 5.82 Å². The second kappa shape index (κ2) is 5.18. The molecule has 3 rings (SSSR count). The number of aromatic hydroxyl groups is 1.